The summed E-state index contributed by atoms with van der Waals surface area (Å²) in [7, 11) is 0. The average molecular weight is 275 g/mol. The van der Waals surface area contributed by atoms with E-state index in [1.54, 1.807) is 0 Å². The molecular weight excluding hydrogens is 250 g/mol. The van der Waals surface area contributed by atoms with Gasteiger partial charge in [-0.05, 0) is 55.7 Å². The van der Waals surface area contributed by atoms with E-state index in [0.717, 1.165) is 11.3 Å². The minimum atomic E-state index is -0.0289. The van der Waals surface area contributed by atoms with Crippen LogP contribution >= 0.6 is 0 Å². The minimum absolute atomic E-state index is 0.0289. The van der Waals surface area contributed by atoms with Crippen molar-refractivity contribution < 1.29 is 9.53 Å². The summed E-state index contributed by atoms with van der Waals surface area (Å²) in [6, 6.07) is 6.48. The largest absolute Gasteiger partial charge is 0.483 e. The molecule has 0 aliphatic heterocycles. The van der Waals surface area contributed by atoms with Crippen LogP contribution in [-0.4, -0.2) is 18.6 Å². The second kappa shape index (κ2) is 6.29. The molecular formula is C17H25NO2. The van der Waals surface area contributed by atoms with Crippen LogP contribution in [0.25, 0.3) is 0 Å². The molecule has 20 heavy (non-hydrogen) atoms. The van der Waals surface area contributed by atoms with Crippen LogP contribution in [0.3, 0.4) is 0 Å². The maximum atomic E-state index is 11.9. The number of carbonyl (C=O) groups excluding carboxylic acids is 1. The fourth-order valence-electron chi connectivity index (χ4n) is 2.28. The summed E-state index contributed by atoms with van der Waals surface area (Å²) in [5.41, 5.74) is 2.30. The van der Waals surface area contributed by atoms with E-state index in [2.05, 4.69) is 38.2 Å². The third-order valence-electron chi connectivity index (χ3n) is 3.96. The highest BCUT2D eigenvalue weighted by Gasteiger charge is 2.28. The number of hydrogen-bond donors (Lipinski definition) is 1. The Balaban J connectivity index is 1.89. The fraction of sp³-hybridized carbons (Fsp3) is 0.588. The normalized spacial score (nSPS) is 16.1. The van der Waals surface area contributed by atoms with Crippen molar-refractivity contribution in [3.8, 4) is 5.75 Å². The molecule has 1 fully saturated rings. The van der Waals surface area contributed by atoms with Gasteiger partial charge in [0.05, 0.1) is 0 Å². The molecule has 1 aromatic rings. The van der Waals surface area contributed by atoms with Crippen molar-refractivity contribution in [3.05, 3.63) is 29.3 Å². The van der Waals surface area contributed by atoms with E-state index in [9.17, 15) is 4.79 Å². The van der Waals surface area contributed by atoms with Gasteiger partial charge in [0.25, 0.3) is 5.91 Å². The Labute approximate surface area is 121 Å². The first kappa shape index (κ1) is 14.9. The monoisotopic (exact) mass is 275 g/mol. The van der Waals surface area contributed by atoms with Crippen molar-refractivity contribution in [1.29, 1.82) is 0 Å². The van der Waals surface area contributed by atoms with Gasteiger partial charge in [-0.15, -0.1) is 0 Å². The van der Waals surface area contributed by atoms with Crippen molar-refractivity contribution in [2.45, 2.75) is 52.5 Å². The summed E-state index contributed by atoms with van der Waals surface area (Å²) in [6.45, 7) is 8.47. The van der Waals surface area contributed by atoms with Crippen LogP contribution in [0, 0.1) is 12.8 Å². The summed E-state index contributed by atoms with van der Waals surface area (Å²) in [5.74, 6) is 1.91. The molecule has 1 saturated carbocycles. The highest BCUT2D eigenvalue weighted by atomic mass is 16.5. The van der Waals surface area contributed by atoms with Gasteiger partial charge in [0.2, 0.25) is 0 Å². The second-order valence-corrected chi connectivity index (χ2v) is 6.16. The lowest BCUT2D eigenvalue weighted by molar-refractivity contribution is -0.123. The molecule has 1 aliphatic rings. The predicted octanol–water partition coefficient (Wildman–Crippen LogP) is 3.41. The van der Waals surface area contributed by atoms with Crippen molar-refractivity contribution in [1.82, 2.24) is 5.32 Å². The lowest BCUT2D eigenvalue weighted by Crippen LogP contribution is -2.37. The molecule has 1 aromatic carbocycles. The topological polar surface area (TPSA) is 38.3 Å². The number of aryl methyl sites for hydroxylation is 1. The molecule has 0 bridgehead atoms. The molecule has 1 aliphatic carbocycles. The Kier molecular flexibility index (Phi) is 4.69. The number of carbonyl (C=O) groups is 1. The number of rotatable bonds is 6. The Morgan fingerprint density at radius 1 is 1.35 bits per heavy atom. The summed E-state index contributed by atoms with van der Waals surface area (Å²) in [5, 5.41) is 3.00. The van der Waals surface area contributed by atoms with Crippen LogP contribution in [-0.2, 0) is 4.79 Å². The van der Waals surface area contributed by atoms with Crippen LogP contribution in [0.4, 0.5) is 0 Å². The Morgan fingerprint density at radius 3 is 2.65 bits per heavy atom. The van der Waals surface area contributed by atoms with Crippen molar-refractivity contribution in [2.75, 3.05) is 6.61 Å². The van der Waals surface area contributed by atoms with Gasteiger partial charge in [0.15, 0.2) is 6.61 Å². The lowest BCUT2D eigenvalue weighted by Gasteiger charge is -2.15. The Bertz CT molecular complexity index is 478. The van der Waals surface area contributed by atoms with Crippen molar-refractivity contribution in [3.63, 3.8) is 0 Å². The van der Waals surface area contributed by atoms with Crippen LogP contribution in [0.5, 0.6) is 5.75 Å². The molecule has 0 saturated heterocycles. The SMILES string of the molecule is Cc1ccc(C(C)C)cc1OCC(=O)NC(C)C1CC1. The van der Waals surface area contributed by atoms with Crippen LogP contribution < -0.4 is 10.1 Å². The summed E-state index contributed by atoms with van der Waals surface area (Å²) in [6.07, 6.45) is 2.47. The fourth-order valence-corrected chi connectivity index (χ4v) is 2.28. The highest BCUT2D eigenvalue weighted by molar-refractivity contribution is 5.77. The predicted molar refractivity (Wildman–Crippen MR) is 81.1 cm³/mol. The molecule has 0 spiro atoms. The molecule has 0 radical (unpaired) electrons. The molecule has 3 heteroatoms. The van der Waals surface area contributed by atoms with Gasteiger partial charge in [-0.25, -0.2) is 0 Å². The first-order valence-electron chi connectivity index (χ1n) is 7.50. The maximum Gasteiger partial charge on any atom is 0.258 e. The van der Waals surface area contributed by atoms with E-state index < -0.39 is 0 Å². The Hall–Kier alpha value is -1.51. The van der Waals surface area contributed by atoms with Gasteiger partial charge in [0.1, 0.15) is 5.75 Å². The van der Waals surface area contributed by atoms with E-state index in [1.165, 1.54) is 18.4 Å². The van der Waals surface area contributed by atoms with Crippen LogP contribution in [0.2, 0.25) is 0 Å². The van der Waals surface area contributed by atoms with E-state index in [1.807, 2.05) is 13.0 Å². The number of nitrogens with one attached hydrogen (secondary N) is 1. The first-order chi connectivity index (χ1) is 9.47. The summed E-state index contributed by atoms with van der Waals surface area (Å²) in [4.78, 5) is 11.9. The third kappa shape index (κ3) is 3.99. The molecule has 1 amide bonds. The molecule has 0 heterocycles. The standard InChI is InChI=1S/C17H25NO2/c1-11(2)15-6-5-12(3)16(9-15)20-10-17(19)18-13(4)14-7-8-14/h5-6,9,11,13-14H,7-8,10H2,1-4H3,(H,18,19). The molecule has 1 atom stereocenters. The van der Waals surface area contributed by atoms with Crippen LogP contribution in [0.1, 0.15) is 50.7 Å². The van der Waals surface area contributed by atoms with Gasteiger partial charge in [0, 0.05) is 6.04 Å². The number of benzene rings is 1. The van der Waals surface area contributed by atoms with E-state index >= 15 is 0 Å². The third-order valence-corrected chi connectivity index (χ3v) is 3.96. The number of amides is 1. The molecule has 3 nitrogen and oxygen atoms in total. The zero-order valence-electron chi connectivity index (χ0n) is 12.9. The van der Waals surface area contributed by atoms with E-state index in [0.29, 0.717) is 11.8 Å². The Morgan fingerprint density at radius 2 is 2.05 bits per heavy atom. The molecule has 110 valence electrons. The van der Waals surface area contributed by atoms with E-state index in [-0.39, 0.29) is 18.6 Å². The first-order valence-corrected chi connectivity index (χ1v) is 7.50. The molecule has 2 rings (SSSR count). The molecule has 0 aromatic heterocycles. The van der Waals surface area contributed by atoms with Gasteiger partial charge in [-0.1, -0.05) is 26.0 Å². The van der Waals surface area contributed by atoms with Gasteiger partial charge >= 0.3 is 0 Å². The van der Waals surface area contributed by atoms with Gasteiger partial charge in [-0.2, -0.15) is 0 Å². The smallest absolute Gasteiger partial charge is 0.258 e. The summed E-state index contributed by atoms with van der Waals surface area (Å²) < 4.78 is 5.68. The maximum absolute atomic E-state index is 11.9. The number of hydrogen-bond acceptors (Lipinski definition) is 2. The molecule has 1 N–H and O–H groups in total. The van der Waals surface area contributed by atoms with E-state index in [4.69, 9.17) is 4.74 Å². The minimum Gasteiger partial charge on any atom is -0.483 e. The number of ether oxygens (including phenoxy) is 1. The highest BCUT2D eigenvalue weighted by Crippen LogP contribution is 2.32. The second-order valence-electron chi connectivity index (χ2n) is 6.16. The zero-order valence-corrected chi connectivity index (χ0v) is 12.9. The van der Waals surface area contributed by atoms with Gasteiger partial charge in [-0.3, -0.25) is 4.79 Å². The average Bonchev–Trinajstić information content (AvgIpc) is 3.21. The zero-order chi connectivity index (χ0) is 14.7. The van der Waals surface area contributed by atoms with Gasteiger partial charge < -0.3 is 10.1 Å². The van der Waals surface area contributed by atoms with Crippen LogP contribution in [0.15, 0.2) is 18.2 Å². The lowest BCUT2D eigenvalue weighted by atomic mass is 10.0. The quantitative estimate of drug-likeness (QED) is 0.864. The van der Waals surface area contributed by atoms with Crippen molar-refractivity contribution in [2.24, 2.45) is 5.92 Å². The van der Waals surface area contributed by atoms with Crippen molar-refractivity contribution >= 4 is 5.91 Å². The molecule has 1 unspecified atom stereocenters. The summed E-state index contributed by atoms with van der Waals surface area (Å²) >= 11 is 0.